The quantitative estimate of drug-likeness (QED) is 0.681. The Hall–Kier alpha value is -2.76. The van der Waals surface area contributed by atoms with Gasteiger partial charge in [-0.3, -0.25) is 4.79 Å². The summed E-state index contributed by atoms with van der Waals surface area (Å²) in [6.45, 7) is 8.80. The number of halogens is 1. The van der Waals surface area contributed by atoms with Gasteiger partial charge in [-0.1, -0.05) is 46.2 Å². The normalized spacial score (nSPS) is 11.7. The van der Waals surface area contributed by atoms with E-state index in [1.807, 2.05) is 6.07 Å². The van der Waals surface area contributed by atoms with Gasteiger partial charge in [-0.05, 0) is 24.6 Å². The summed E-state index contributed by atoms with van der Waals surface area (Å²) in [5.41, 5.74) is 2.32. The molecule has 27 heavy (non-hydrogen) atoms. The van der Waals surface area contributed by atoms with Gasteiger partial charge in [0.1, 0.15) is 11.5 Å². The van der Waals surface area contributed by atoms with Crippen LogP contribution in [0.25, 0.3) is 16.9 Å². The molecule has 6 heteroatoms. The third-order valence-electron chi connectivity index (χ3n) is 4.39. The molecule has 3 aromatic rings. The molecule has 1 amide bonds. The SMILES string of the molecule is CCCCNC(=O)c1cc(-c2ccccc2F)n2nc(C(C)(C)C)cc2n1. The lowest BCUT2D eigenvalue weighted by atomic mass is 9.93. The summed E-state index contributed by atoms with van der Waals surface area (Å²) in [5, 5.41) is 7.50. The van der Waals surface area contributed by atoms with Crippen molar-refractivity contribution in [2.24, 2.45) is 0 Å². The molecule has 0 atom stereocenters. The molecular formula is C21H25FN4O. The fourth-order valence-electron chi connectivity index (χ4n) is 2.79. The van der Waals surface area contributed by atoms with E-state index >= 15 is 0 Å². The van der Waals surface area contributed by atoms with Crippen molar-refractivity contribution in [2.75, 3.05) is 6.54 Å². The van der Waals surface area contributed by atoms with Crippen LogP contribution in [0.1, 0.15) is 56.7 Å². The van der Waals surface area contributed by atoms with Crippen molar-refractivity contribution >= 4 is 11.6 Å². The number of nitrogens with one attached hydrogen (secondary N) is 1. The van der Waals surface area contributed by atoms with E-state index in [0.717, 1.165) is 18.5 Å². The van der Waals surface area contributed by atoms with Crippen molar-refractivity contribution in [3.63, 3.8) is 0 Å². The molecule has 5 nitrogen and oxygen atoms in total. The number of aromatic nitrogens is 3. The first-order valence-corrected chi connectivity index (χ1v) is 9.25. The van der Waals surface area contributed by atoms with Crippen LogP contribution in [0.4, 0.5) is 4.39 Å². The standard InChI is InChI=1S/C21H25FN4O/c1-5-6-11-23-20(27)16-12-17(14-9-7-8-10-15(14)22)26-19(24-16)13-18(25-26)21(2,3)4/h7-10,12-13H,5-6,11H2,1-4H3,(H,23,27). The minimum atomic E-state index is -0.366. The zero-order valence-electron chi connectivity index (χ0n) is 16.2. The second kappa shape index (κ2) is 7.47. The molecule has 2 heterocycles. The Labute approximate surface area is 158 Å². The second-order valence-electron chi connectivity index (χ2n) is 7.67. The number of nitrogens with zero attached hydrogens (tertiary/aromatic N) is 3. The highest BCUT2D eigenvalue weighted by atomic mass is 19.1. The molecule has 1 aromatic carbocycles. The van der Waals surface area contributed by atoms with Gasteiger partial charge in [0.25, 0.3) is 5.91 Å². The predicted molar refractivity (Wildman–Crippen MR) is 104 cm³/mol. The Morgan fingerprint density at radius 1 is 1.22 bits per heavy atom. The fraction of sp³-hybridized carbons (Fsp3) is 0.381. The smallest absolute Gasteiger partial charge is 0.270 e. The summed E-state index contributed by atoms with van der Waals surface area (Å²) >= 11 is 0. The van der Waals surface area contributed by atoms with Crippen molar-refractivity contribution in [2.45, 2.75) is 46.0 Å². The third kappa shape index (κ3) is 3.99. The summed E-state index contributed by atoms with van der Waals surface area (Å²) in [7, 11) is 0. The summed E-state index contributed by atoms with van der Waals surface area (Å²) < 4.78 is 16.1. The fourth-order valence-corrected chi connectivity index (χ4v) is 2.79. The molecule has 1 N–H and O–H groups in total. The molecule has 0 aliphatic rings. The van der Waals surface area contributed by atoms with Crippen LogP contribution < -0.4 is 5.32 Å². The lowest BCUT2D eigenvalue weighted by molar-refractivity contribution is 0.0948. The van der Waals surface area contributed by atoms with E-state index in [1.54, 1.807) is 28.8 Å². The predicted octanol–water partition coefficient (Wildman–Crippen LogP) is 4.36. The topological polar surface area (TPSA) is 59.3 Å². The maximum atomic E-state index is 14.5. The van der Waals surface area contributed by atoms with Gasteiger partial charge >= 0.3 is 0 Å². The Kier molecular flexibility index (Phi) is 5.26. The molecule has 0 saturated carbocycles. The Morgan fingerprint density at radius 2 is 1.96 bits per heavy atom. The van der Waals surface area contributed by atoms with Crippen LogP contribution in [0.3, 0.4) is 0 Å². The minimum absolute atomic E-state index is 0.191. The molecule has 2 aromatic heterocycles. The zero-order chi connectivity index (χ0) is 19.6. The number of amides is 1. The summed E-state index contributed by atoms with van der Waals surface area (Å²) in [5.74, 6) is -0.628. The van der Waals surface area contributed by atoms with Crippen LogP contribution in [0, 0.1) is 5.82 Å². The number of rotatable bonds is 5. The second-order valence-corrected chi connectivity index (χ2v) is 7.67. The van der Waals surface area contributed by atoms with Gasteiger partial charge in [0.2, 0.25) is 0 Å². The molecule has 0 spiro atoms. The Morgan fingerprint density at radius 3 is 2.63 bits per heavy atom. The highest BCUT2D eigenvalue weighted by molar-refractivity contribution is 5.94. The first-order chi connectivity index (χ1) is 12.8. The van der Waals surface area contributed by atoms with Crippen molar-refractivity contribution < 1.29 is 9.18 Å². The van der Waals surface area contributed by atoms with Gasteiger partial charge in [0.05, 0.1) is 11.4 Å². The monoisotopic (exact) mass is 368 g/mol. The molecule has 0 aliphatic heterocycles. The van der Waals surface area contributed by atoms with Crippen LogP contribution >= 0.6 is 0 Å². The van der Waals surface area contributed by atoms with Gasteiger partial charge < -0.3 is 5.32 Å². The average Bonchev–Trinajstić information content (AvgIpc) is 3.06. The maximum absolute atomic E-state index is 14.5. The first-order valence-electron chi connectivity index (χ1n) is 9.25. The van der Waals surface area contributed by atoms with Crippen LogP contribution in [0.15, 0.2) is 36.4 Å². The molecule has 0 saturated heterocycles. The van der Waals surface area contributed by atoms with Gasteiger partial charge in [-0.15, -0.1) is 0 Å². The third-order valence-corrected chi connectivity index (χ3v) is 4.39. The minimum Gasteiger partial charge on any atom is -0.351 e. The average molecular weight is 368 g/mol. The number of carbonyl (C=O) groups is 1. The highest BCUT2D eigenvalue weighted by Gasteiger charge is 2.22. The van der Waals surface area contributed by atoms with Crippen molar-refractivity contribution in [3.05, 3.63) is 53.6 Å². The summed E-state index contributed by atoms with van der Waals surface area (Å²) in [6.07, 6.45) is 1.89. The van der Waals surface area contributed by atoms with E-state index in [9.17, 15) is 9.18 Å². The highest BCUT2D eigenvalue weighted by Crippen LogP contribution is 2.27. The molecule has 142 valence electrons. The first kappa shape index (κ1) is 19.0. The lowest BCUT2D eigenvalue weighted by Gasteiger charge is -2.13. The molecule has 0 unspecified atom stereocenters. The Bertz CT molecular complexity index is 972. The van der Waals surface area contributed by atoms with E-state index < -0.39 is 0 Å². The molecule has 0 radical (unpaired) electrons. The van der Waals surface area contributed by atoms with E-state index in [4.69, 9.17) is 0 Å². The van der Waals surface area contributed by atoms with Gasteiger partial charge in [-0.2, -0.15) is 5.10 Å². The zero-order valence-corrected chi connectivity index (χ0v) is 16.2. The number of hydrogen-bond acceptors (Lipinski definition) is 3. The summed E-state index contributed by atoms with van der Waals surface area (Å²) in [6, 6.07) is 9.94. The molecule has 0 bridgehead atoms. The van der Waals surface area contributed by atoms with Crippen LogP contribution in [-0.2, 0) is 5.41 Å². The maximum Gasteiger partial charge on any atom is 0.270 e. The van der Waals surface area contributed by atoms with E-state index in [2.05, 4.69) is 43.1 Å². The molecule has 0 fully saturated rings. The van der Waals surface area contributed by atoms with Gasteiger partial charge in [0, 0.05) is 23.6 Å². The van der Waals surface area contributed by atoms with Gasteiger partial charge in [0.15, 0.2) is 5.65 Å². The van der Waals surface area contributed by atoms with Crippen molar-refractivity contribution in [3.8, 4) is 11.3 Å². The lowest BCUT2D eigenvalue weighted by Crippen LogP contribution is -2.25. The van der Waals surface area contributed by atoms with Crippen LogP contribution in [0.5, 0.6) is 0 Å². The molecule has 0 aliphatic carbocycles. The number of fused-ring (bicyclic) bond motifs is 1. The largest absolute Gasteiger partial charge is 0.351 e. The van der Waals surface area contributed by atoms with Crippen molar-refractivity contribution in [1.29, 1.82) is 0 Å². The summed E-state index contributed by atoms with van der Waals surface area (Å²) in [4.78, 5) is 17.0. The number of hydrogen-bond donors (Lipinski definition) is 1. The number of carbonyl (C=O) groups excluding carboxylic acids is 1. The Balaban J connectivity index is 2.16. The van der Waals surface area contributed by atoms with E-state index in [0.29, 0.717) is 23.4 Å². The molecule has 3 rings (SSSR count). The van der Waals surface area contributed by atoms with Crippen molar-refractivity contribution in [1.82, 2.24) is 19.9 Å². The van der Waals surface area contributed by atoms with Gasteiger partial charge in [-0.25, -0.2) is 13.9 Å². The van der Waals surface area contributed by atoms with E-state index in [1.165, 1.54) is 6.07 Å². The molecular weight excluding hydrogens is 343 g/mol. The van der Waals surface area contributed by atoms with Crippen LogP contribution in [-0.4, -0.2) is 27.0 Å². The number of benzene rings is 1. The number of unbranched alkanes of at least 4 members (excludes halogenated alkanes) is 1. The van der Waals surface area contributed by atoms with Crippen LogP contribution in [0.2, 0.25) is 0 Å². The van der Waals surface area contributed by atoms with E-state index in [-0.39, 0.29) is 22.8 Å².